The fourth-order valence-corrected chi connectivity index (χ4v) is 4.75. The smallest absolute Gasteiger partial charge is 0.228 e. The number of aryl methyl sites for hydroxylation is 1. The maximum absolute atomic E-state index is 13.1. The van der Waals surface area contributed by atoms with Crippen molar-refractivity contribution in [1.29, 1.82) is 0 Å². The molecule has 0 unspecified atom stereocenters. The highest BCUT2D eigenvalue weighted by Crippen LogP contribution is 2.37. The Bertz CT molecular complexity index is 1070. The number of rotatable bonds is 7. The number of amides is 2. The quantitative estimate of drug-likeness (QED) is 0.605. The lowest BCUT2D eigenvalue weighted by atomic mass is 9.78. The third-order valence-corrected chi connectivity index (χ3v) is 6.52. The zero-order chi connectivity index (χ0) is 22.4. The summed E-state index contributed by atoms with van der Waals surface area (Å²) in [5.41, 5.74) is 3.98. The Morgan fingerprint density at radius 2 is 1.56 bits per heavy atom. The highest BCUT2D eigenvalue weighted by molar-refractivity contribution is 5.86. The lowest BCUT2D eigenvalue weighted by molar-refractivity contribution is -0.133. The number of hydrogen-bond acceptors (Lipinski definition) is 2. The molecule has 0 aromatic heterocycles. The van der Waals surface area contributed by atoms with Gasteiger partial charge in [0.15, 0.2) is 0 Å². The number of nitrogens with zero attached hydrogens (tertiary/aromatic N) is 1. The summed E-state index contributed by atoms with van der Waals surface area (Å²) in [4.78, 5) is 27.9. The van der Waals surface area contributed by atoms with Crippen LogP contribution >= 0.6 is 0 Å². The molecule has 1 atom stereocenters. The van der Waals surface area contributed by atoms with Crippen molar-refractivity contribution in [3.63, 3.8) is 0 Å². The Kier molecular flexibility index (Phi) is 6.69. The number of carbonyl (C=O) groups excluding carboxylic acids is 2. The first-order chi connectivity index (χ1) is 15.6. The normalized spacial score (nSPS) is 17.8. The summed E-state index contributed by atoms with van der Waals surface area (Å²) in [7, 11) is 1.69. The molecule has 3 aromatic carbocycles. The molecule has 3 aromatic rings. The van der Waals surface area contributed by atoms with Crippen molar-refractivity contribution in [2.24, 2.45) is 5.41 Å². The minimum atomic E-state index is -0.609. The van der Waals surface area contributed by atoms with Crippen LogP contribution in [0.15, 0.2) is 84.9 Å². The molecule has 1 heterocycles. The third kappa shape index (κ3) is 4.75. The number of carbonyl (C=O) groups is 2. The van der Waals surface area contributed by atoms with Gasteiger partial charge in [-0.2, -0.15) is 0 Å². The lowest BCUT2D eigenvalue weighted by Crippen LogP contribution is -2.44. The van der Waals surface area contributed by atoms with Gasteiger partial charge in [-0.15, -0.1) is 0 Å². The van der Waals surface area contributed by atoms with Gasteiger partial charge in [-0.25, -0.2) is 0 Å². The van der Waals surface area contributed by atoms with E-state index in [1.165, 1.54) is 0 Å². The molecule has 0 spiro atoms. The van der Waals surface area contributed by atoms with Gasteiger partial charge in [-0.05, 0) is 41.5 Å². The molecule has 0 radical (unpaired) electrons. The van der Waals surface area contributed by atoms with Crippen molar-refractivity contribution in [2.45, 2.75) is 25.7 Å². The SMILES string of the molecule is CNC(=O)[C@@]1(Cc2ccccc2-c2ccccc2)CCN(C(=O)CCc2ccccc2)C1. The Balaban J connectivity index is 1.52. The summed E-state index contributed by atoms with van der Waals surface area (Å²) in [5.74, 6) is 0.134. The number of nitrogens with one attached hydrogen (secondary N) is 1. The van der Waals surface area contributed by atoms with Crippen molar-refractivity contribution < 1.29 is 9.59 Å². The van der Waals surface area contributed by atoms with Crippen LogP contribution in [0.1, 0.15) is 24.0 Å². The van der Waals surface area contributed by atoms with E-state index in [-0.39, 0.29) is 11.8 Å². The van der Waals surface area contributed by atoms with E-state index in [4.69, 9.17) is 0 Å². The van der Waals surface area contributed by atoms with Crippen LogP contribution in [0.3, 0.4) is 0 Å². The lowest BCUT2D eigenvalue weighted by Gasteiger charge is -2.28. The summed E-state index contributed by atoms with van der Waals surface area (Å²) in [5, 5.41) is 2.87. The van der Waals surface area contributed by atoms with Gasteiger partial charge in [0, 0.05) is 26.6 Å². The Morgan fingerprint density at radius 3 is 2.28 bits per heavy atom. The van der Waals surface area contributed by atoms with Gasteiger partial charge in [-0.1, -0.05) is 84.9 Å². The van der Waals surface area contributed by atoms with E-state index in [0.717, 1.165) is 28.7 Å². The third-order valence-electron chi connectivity index (χ3n) is 6.52. The van der Waals surface area contributed by atoms with Crippen LogP contribution < -0.4 is 5.32 Å². The summed E-state index contributed by atoms with van der Waals surface area (Å²) in [6.45, 7) is 1.08. The standard InChI is InChI=1S/C28H30N2O2/c1-29-27(32)28(20-24-14-8-9-15-25(24)23-12-6-3-7-13-23)18-19-30(21-28)26(31)17-16-22-10-4-2-5-11-22/h2-15H,16-21H2,1H3,(H,29,32)/t28-/m1/s1. The summed E-state index contributed by atoms with van der Waals surface area (Å²) in [6.07, 6.45) is 2.47. The Hall–Kier alpha value is -3.40. The fraction of sp³-hybridized carbons (Fsp3) is 0.286. The molecular formula is C28H30N2O2. The topological polar surface area (TPSA) is 49.4 Å². The van der Waals surface area contributed by atoms with E-state index in [1.807, 2.05) is 65.6 Å². The number of likely N-dealkylation sites (tertiary alicyclic amines) is 1. The minimum Gasteiger partial charge on any atom is -0.359 e. The van der Waals surface area contributed by atoms with Gasteiger partial charge in [0.2, 0.25) is 11.8 Å². The van der Waals surface area contributed by atoms with Crippen molar-refractivity contribution >= 4 is 11.8 Å². The highest BCUT2D eigenvalue weighted by Gasteiger charge is 2.45. The summed E-state index contributed by atoms with van der Waals surface area (Å²) < 4.78 is 0. The van der Waals surface area contributed by atoms with Crippen LogP contribution in [-0.4, -0.2) is 36.9 Å². The molecule has 4 nitrogen and oxygen atoms in total. The number of hydrogen-bond donors (Lipinski definition) is 1. The van der Waals surface area contributed by atoms with Crippen LogP contribution in [-0.2, 0) is 22.4 Å². The van der Waals surface area contributed by atoms with Crippen molar-refractivity contribution in [2.75, 3.05) is 20.1 Å². The van der Waals surface area contributed by atoms with Crippen LogP contribution in [0, 0.1) is 5.41 Å². The van der Waals surface area contributed by atoms with E-state index in [2.05, 4.69) is 29.6 Å². The predicted octanol–water partition coefficient (Wildman–Crippen LogP) is 4.49. The van der Waals surface area contributed by atoms with Gasteiger partial charge in [0.25, 0.3) is 0 Å². The maximum atomic E-state index is 13.1. The minimum absolute atomic E-state index is 0.0127. The zero-order valence-corrected chi connectivity index (χ0v) is 18.6. The highest BCUT2D eigenvalue weighted by atomic mass is 16.2. The van der Waals surface area contributed by atoms with Crippen LogP contribution in [0.25, 0.3) is 11.1 Å². The second kappa shape index (κ2) is 9.82. The van der Waals surface area contributed by atoms with E-state index < -0.39 is 5.41 Å². The molecule has 164 valence electrons. The van der Waals surface area contributed by atoms with Gasteiger partial charge < -0.3 is 10.2 Å². The molecule has 1 N–H and O–H groups in total. The zero-order valence-electron chi connectivity index (χ0n) is 18.6. The molecule has 2 amide bonds. The molecule has 0 aliphatic carbocycles. The van der Waals surface area contributed by atoms with E-state index in [1.54, 1.807) is 7.05 Å². The average molecular weight is 427 g/mol. The second-order valence-electron chi connectivity index (χ2n) is 8.61. The molecule has 4 rings (SSSR count). The van der Waals surface area contributed by atoms with E-state index >= 15 is 0 Å². The van der Waals surface area contributed by atoms with Crippen molar-refractivity contribution in [3.05, 3.63) is 96.1 Å². The second-order valence-corrected chi connectivity index (χ2v) is 8.61. The van der Waals surface area contributed by atoms with Gasteiger partial charge in [-0.3, -0.25) is 9.59 Å². The Morgan fingerprint density at radius 1 is 0.906 bits per heavy atom. The summed E-state index contributed by atoms with van der Waals surface area (Å²) in [6, 6.07) is 28.6. The molecule has 1 fully saturated rings. The molecule has 32 heavy (non-hydrogen) atoms. The first kappa shape index (κ1) is 21.8. The molecule has 4 heteroatoms. The molecule has 1 saturated heterocycles. The first-order valence-corrected chi connectivity index (χ1v) is 11.3. The largest absolute Gasteiger partial charge is 0.359 e. The Labute approximate surface area is 190 Å². The van der Waals surface area contributed by atoms with Crippen LogP contribution in [0.5, 0.6) is 0 Å². The molecular weight excluding hydrogens is 396 g/mol. The first-order valence-electron chi connectivity index (χ1n) is 11.3. The van der Waals surface area contributed by atoms with E-state index in [0.29, 0.717) is 32.4 Å². The number of benzene rings is 3. The van der Waals surface area contributed by atoms with Crippen molar-refractivity contribution in [1.82, 2.24) is 10.2 Å². The monoisotopic (exact) mass is 426 g/mol. The van der Waals surface area contributed by atoms with Gasteiger partial charge in [0.1, 0.15) is 0 Å². The maximum Gasteiger partial charge on any atom is 0.228 e. The fourth-order valence-electron chi connectivity index (χ4n) is 4.75. The summed E-state index contributed by atoms with van der Waals surface area (Å²) >= 11 is 0. The predicted molar refractivity (Wildman–Crippen MR) is 128 cm³/mol. The van der Waals surface area contributed by atoms with E-state index in [9.17, 15) is 9.59 Å². The van der Waals surface area contributed by atoms with Crippen molar-refractivity contribution in [3.8, 4) is 11.1 Å². The van der Waals surface area contributed by atoms with Crippen LogP contribution in [0.4, 0.5) is 0 Å². The van der Waals surface area contributed by atoms with Crippen LogP contribution in [0.2, 0.25) is 0 Å². The molecule has 0 bridgehead atoms. The molecule has 1 aliphatic heterocycles. The molecule has 0 saturated carbocycles. The van der Waals surface area contributed by atoms with Gasteiger partial charge in [0.05, 0.1) is 5.41 Å². The molecule has 1 aliphatic rings. The average Bonchev–Trinajstić information content (AvgIpc) is 3.29. The van der Waals surface area contributed by atoms with Gasteiger partial charge >= 0.3 is 0 Å².